The molecule has 0 radical (unpaired) electrons. The average molecular weight is 291 g/mol. The first-order valence-corrected chi connectivity index (χ1v) is 7.37. The Kier molecular flexibility index (Phi) is 5.25. The van der Waals surface area contributed by atoms with Crippen LogP contribution in [0.2, 0.25) is 0 Å². The number of ether oxygens (including phenoxy) is 1. The molecule has 0 spiro atoms. The molecule has 6 nitrogen and oxygen atoms in total. The molecule has 114 valence electrons. The molecule has 0 N–H and O–H groups in total. The second-order valence-electron chi connectivity index (χ2n) is 5.20. The van der Waals surface area contributed by atoms with Gasteiger partial charge in [0.25, 0.3) is 5.91 Å². The van der Waals surface area contributed by atoms with Crippen molar-refractivity contribution in [1.29, 1.82) is 0 Å². The van der Waals surface area contributed by atoms with Crippen LogP contribution in [0.4, 0.5) is 0 Å². The summed E-state index contributed by atoms with van der Waals surface area (Å²) < 4.78 is 4.99. The molecular formula is C15H21N3O3. The molecule has 1 aliphatic rings. The van der Waals surface area contributed by atoms with Crippen molar-refractivity contribution in [1.82, 2.24) is 14.9 Å². The van der Waals surface area contributed by atoms with Crippen molar-refractivity contribution in [2.45, 2.75) is 45.6 Å². The van der Waals surface area contributed by atoms with E-state index in [0.29, 0.717) is 18.8 Å². The van der Waals surface area contributed by atoms with Crippen LogP contribution in [0, 0.1) is 6.92 Å². The van der Waals surface area contributed by atoms with Crippen molar-refractivity contribution >= 4 is 11.9 Å². The van der Waals surface area contributed by atoms with Crippen LogP contribution in [0.15, 0.2) is 12.4 Å². The van der Waals surface area contributed by atoms with Crippen LogP contribution in [-0.2, 0) is 9.53 Å². The van der Waals surface area contributed by atoms with E-state index in [2.05, 4.69) is 9.97 Å². The second kappa shape index (κ2) is 7.15. The molecule has 2 rings (SSSR count). The van der Waals surface area contributed by atoms with Crippen LogP contribution in [0.5, 0.6) is 0 Å². The van der Waals surface area contributed by atoms with Gasteiger partial charge in [-0.3, -0.25) is 14.6 Å². The van der Waals surface area contributed by atoms with Crippen molar-refractivity contribution in [3.05, 3.63) is 23.8 Å². The molecule has 1 saturated heterocycles. The summed E-state index contributed by atoms with van der Waals surface area (Å²) in [6, 6.07) is -0.103. The fraction of sp³-hybridized carbons (Fsp3) is 0.600. The number of esters is 1. The minimum Gasteiger partial charge on any atom is -0.466 e. The topological polar surface area (TPSA) is 72.4 Å². The van der Waals surface area contributed by atoms with E-state index in [1.165, 1.54) is 6.20 Å². The standard InChI is InChI=1S/C15H21N3O3/c1-3-21-14(19)8-12-6-4-5-7-18(12)15(20)13-10-16-11(2)9-17-13/h9-10,12H,3-8H2,1-2H3/t12-/m0/s1. The molecule has 1 aromatic rings. The molecule has 1 amide bonds. The van der Waals surface area contributed by atoms with E-state index in [0.717, 1.165) is 25.0 Å². The van der Waals surface area contributed by atoms with E-state index in [4.69, 9.17) is 4.74 Å². The first kappa shape index (κ1) is 15.4. The third-order valence-electron chi connectivity index (χ3n) is 3.60. The van der Waals surface area contributed by atoms with E-state index >= 15 is 0 Å². The largest absolute Gasteiger partial charge is 0.466 e. The smallest absolute Gasteiger partial charge is 0.307 e. The molecule has 0 bridgehead atoms. The number of amides is 1. The van der Waals surface area contributed by atoms with E-state index in [9.17, 15) is 9.59 Å². The number of aryl methyl sites for hydroxylation is 1. The number of nitrogens with zero attached hydrogens (tertiary/aromatic N) is 3. The summed E-state index contributed by atoms with van der Waals surface area (Å²) in [5.41, 5.74) is 1.10. The lowest BCUT2D eigenvalue weighted by Gasteiger charge is -2.35. The summed E-state index contributed by atoms with van der Waals surface area (Å²) in [4.78, 5) is 34.2. The number of hydrogen-bond acceptors (Lipinski definition) is 5. The highest BCUT2D eigenvalue weighted by Crippen LogP contribution is 2.21. The fourth-order valence-electron chi connectivity index (χ4n) is 2.54. The molecule has 0 aliphatic carbocycles. The van der Waals surface area contributed by atoms with Crippen molar-refractivity contribution < 1.29 is 14.3 Å². The van der Waals surface area contributed by atoms with Crippen LogP contribution in [0.3, 0.4) is 0 Å². The molecule has 1 aliphatic heterocycles. The number of hydrogen-bond donors (Lipinski definition) is 0. The molecule has 0 aromatic carbocycles. The van der Waals surface area contributed by atoms with Gasteiger partial charge in [-0.1, -0.05) is 0 Å². The number of aromatic nitrogens is 2. The number of carbonyl (C=O) groups is 2. The van der Waals surface area contributed by atoms with Gasteiger partial charge in [-0.05, 0) is 33.1 Å². The predicted octanol–water partition coefficient (Wildman–Crippen LogP) is 1.73. The van der Waals surface area contributed by atoms with Gasteiger partial charge in [-0.15, -0.1) is 0 Å². The SMILES string of the molecule is CCOC(=O)C[C@@H]1CCCCN1C(=O)c1cnc(C)cn1. The third-order valence-corrected chi connectivity index (χ3v) is 3.60. The lowest BCUT2D eigenvalue weighted by Crippen LogP contribution is -2.45. The zero-order valence-electron chi connectivity index (χ0n) is 12.5. The minimum absolute atomic E-state index is 0.103. The first-order valence-electron chi connectivity index (χ1n) is 7.37. The zero-order chi connectivity index (χ0) is 15.2. The van der Waals surface area contributed by atoms with Gasteiger partial charge in [-0.25, -0.2) is 4.98 Å². The third kappa shape index (κ3) is 4.00. The normalized spacial score (nSPS) is 18.4. The Balaban J connectivity index is 2.08. The Bertz CT molecular complexity index is 501. The average Bonchev–Trinajstić information content (AvgIpc) is 2.48. The summed E-state index contributed by atoms with van der Waals surface area (Å²) in [6.07, 6.45) is 6.12. The van der Waals surface area contributed by atoms with Crippen molar-refractivity contribution in [2.24, 2.45) is 0 Å². The Morgan fingerprint density at radius 1 is 1.33 bits per heavy atom. The zero-order valence-corrected chi connectivity index (χ0v) is 12.5. The molecular weight excluding hydrogens is 270 g/mol. The molecule has 1 fully saturated rings. The molecule has 1 aromatic heterocycles. The highest BCUT2D eigenvalue weighted by atomic mass is 16.5. The first-order chi connectivity index (χ1) is 10.1. The monoisotopic (exact) mass is 291 g/mol. The number of rotatable bonds is 4. The van der Waals surface area contributed by atoms with Crippen molar-refractivity contribution in [3.63, 3.8) is 0 Å². The summed E-state index contributed by atoms with van der Waals surface area (Å²) >= 11 is 0. The Hall–Kier alpha value is -1.98. The molecule has 0 saturated carbocycles. The summed E-state index contributed by atoms with van der Waals surface area (Å²) in [5.74, 6) is -0.409. The van der Waals surface area contributed by atoms with Gasteiger partial charge in [0, 0.05) is 18.8 Å². The van der Waals surface area contributed by atoms with Gasteiger partial charge in [0.2, 0.25) is 0 Å². The Morgan fingerprint density at radius 3 is 2.81 bits per heavy atom. The summed E-state index contributed by atoms with van der Waals surface area (Å²) in [7, 11) is 0. The van der Waals surface area contributed by atoms with Gasteiger partial charge in [0.1, 0.15) is 5.69 Å². The van der Waals surface area contributed by atoms with Gasteiger partial charge < -0.3 is 9.64 Å². The van der Waals surface area contributed by atoms with E-state index in [-0.39, 0.29) is 24.3 Å². The number of likely N-dealkylation sites (tertiary alicyclic amines) is 1. The second-order valence-corrected chi connectivity index (χ2v) is 5.20. The molecule has 21 heavy (non-hydrogen) atoms. The highest BCUT2D eigenvalue weighted by Gasteiger charge is 2.30. The Labute approximate surface area is 124 Å². The van der Waals surface area contributed by atoms with E-state index in [1.54, 1.807) is 18.0 Å². The maximum atomic E-state index is 12.5. The van der Waals surface area contributed by atoms with Gasteiger partial charge in [0.15, 0.2) is 0 Å². The van der Waals surface area contributed by atoms with E-state index < -0.39 is 0 Å². The number of piperidine rings is 1. The molecule has 2 heterocycles. The molecule has 1 atom stereocenters. The van der Waals surface area contributed by atoms with Crippen LogP contribution in [0.1, 0.15) is 48.8 Å². The van der Waals surface area contributed by atoms with Crippen LogP contribution < -0.4 is 0 Å². The van der Waals surface area contributed by atoms with E-state index in [1.807, 2.05) is 6.92 Å². The van der Waals surface area contributed by atoms with Crippen molar-refractivity contribution in [3.8, 4) is 0 Å². The maximum absolute atomic E-state index is 12.5. The fourth-order valence-corrected chi connectivity index (χ4v) is 2.54. The van der Waals surface area contributed by atoms with Crippen LogP contribution in [0.25, 0.3) is 0 Å². The van der Waals surface area contributed by atoms with Gasteiger partial charge >= 0.3 is 5.97 Å². The molecule has 0 unspecified atom stereocenters. The Morgan fingerprint density at radius 2 is 2.14 bits per heavy atom. The van der Waals surface area contributed by atoms with Crippen LogP contribution >= 0.6 is 0 Å². The lowest BCUT2D eigenvalue weighted by atomic mass is 9.99. The van der Waals surface area contributed by atoms with Gasteiger partial charge in [0.05, 0.1) is 24.9 Å². The maximum Gasteiger partial charge on any atom is 0.307 e. The minimum atomic E-state index is -0.253. The quantitative estimate of drug-likeness (QED) is 0.790. The summed E-state index contributed by atoms with van der Waals surface area (Å²) in [6.45, 7) is 4.62. The lowest BCUT2D eigenvalue weighted by molar-refractivity contribution is -0.144. The highest BCUT2D eigenvalue weighted by molar-refractivity contribution is 5.92. The van der Waals surface area contributed by atoms with Gasteiger partial charge in [-0.2, -0.15) is 0 Å². The summed E-state index contributed by atoms with van der Waals surface area (Å²) in [5, 5.41) is 0. The van der Waals surface area contributed by atoms with Crippen molar-refractivity contribution in [2.75, 3.05) is 13.2 Å². The van der Waals surface area contributed by atoms with Crippen LogP contribution in [-0.4, -0.2) is 45.9 Å². The molecule has 6 heteroatoms. The number of carbonyl (C=O) groups excluding carboxylic acids is 2. The predicted molar refractivity (Wildman–Crippen MR) is 76.7 cm³/mol.